The summed E-state index contributed by atoms with van der Waals surface area (Å²) in [6, 6.07) is 5.71. The number of ketones is 1. The Morgan fingerprint density at radius 3 is 2.39 bits per heavy atom. The average molecular weight is 352 g/mol. The van der Waals surface area contributed by atoms with Crippen LogP contribution in [-0.2, 0) is 9.53 Å². The Kier molecular flexibility index (Phi) is 7.51. The standard InChI is InChI=1S/C15H17ClF3NO3/c1-10(8-23-9-15(17,18)19)20-14(22)7-6-13(21)11-2-4-12(16)5-3-11/h2-5,10H,6-9H2,1H3,(H,20,22). The number of amides is 1. The van der Waals surface area contributed by atoms with E-state index in [0.717, 1.165) is 0 Å². The first-order valence-corrected chi connectivity index (χ1v) is 7.28. The van der Waals surface area contributed by atoms with Crippen LogP contribution in [0.5, 0.6) is 0 Å². The second-order valence-electron chi connectivity index (χ2n) is 5.03. The average Bonchev–Trinajstić information content (AvgIpc) is 2.44. The van der Waals surface area contributed by atoms with Crippen molar-refractivity contribution in [3.8, 4) is 0 Å². The zero-order valence-electron chi connectivity index (χ0n) is 12.5. The summed E-state index contributed by atoms with van der Waals surface area (Å²) in [5, 5.41) is 2.98. The van der Waals surface area contributed by atoms with Crippen LogP contribution < -0.4 is 5.32 Å². The second-order valence-corrected chi connectivity index (χ2v) is 5.47. The molecule has 0 saturated heterocycles. The molecule has 1 rings (SSSR count). The molecule has 1 N–H and O–H groups in total. The molecule has 128 valence electrons. The molecule has 0 aliphatic carbocycles. The molecular formula is C15H17ClF3NO3. The van der Waals surface area contributed by atoms with Gasteiger partial charge in [-0.05, 0) is 31.2 Å². The SMILES string of the molecule is CC(COCC(F)(F)F)NC(=O)CCC(=O)c1ccc(Cl)cc1. The molecule has 1 aromatic rings. The predicted molar refractivity (Wildman–Crippen MR) is 79.5 cm³/mol. The molecule has 0 fully saturated rings. The fourth-order valence-corrected chi connectivity index (χ4v) is 1.87. The molecule has 0 aromatic heterocycles. The molecule has 8 heteroatoms. The van der Waals surface area contributed by atoms with Crippen molar-refractivity contribution in [3.63, 3.8) is 0 Å². The zero-order valence-corrected chi connectivity index (χ0v) is 13.2. The van der Waals surface area contributed by atoms with Crippen LogP contribution in [0.25, 0.3) is 0 Å². The van der Waals surface area contributed by atoms with E-state index in [0.29, 0.717) is 10.6 Å². The number of nitrogens with one attached hydrogen (secondary N) is 1. The van der Waals surface area contributed by atoms with Gasteiger partial charge in [0.2, 0.25) is 5.91 Å². The third-order valence-electron chi connectivity index (χ3n) is 2.79. The first-order valence-electron chi connectivity index (χ1n) is 6.90. The summed E-state index contributed by atoms with van der Waals surface area (Å²) in [6.07, 6.45) is -4.44. The lowest BCUT2D eigenvalue weighted by Gasteiger charge is -2.15. The summed E-state index contributed by atoms with van der Waals surface area (Å²) >= 11 is 5.71. The summed E-state index contributed by atoms with van der Waals surface area (Å²) < 4.78 is 40.2. The van der Waals surface area contributed by atoms with Crippen molar-refractivity contribution in [3.05, 3.63) is 34.9 Å². The van der Waals surface area contributed by atoms with Crippen LogP contribution in [0.2, 0.25) is 5.02 Å². The summed E-state index contributed by atoms with van der Waals surface area (Å²) in [4.78, 5) is 23.5. The minimum Gasteiger partial charge on any atom is -0.370 e. The first-order chi connectivity index (χ1) is 10.7. The van der Waals surface area contributed by atoms with E-state index in [1.807, 2.05) is 0 Å². The molecule has 0 radical (unpaired) electrons. The van der Waals surface area contributed by atoms with E-state index in [4.69, 9.17) is 11.6 Å². The van der Waals surface area contributed by atoms with Crippen LogP contribution >= 0.6 is 11.6 Å². The largest absolute Gasteiger partial charge is 0.411 e. The molecule has 0 aliphatic rings. The molecule has 1 atom stereocenters. The van der Waals surface area contributed by atoms with E-state index in [1.165, 1.54) is 6.92 Å². The summed E-state index contributed by atoms with van der Waals surface area (Å²) in [7, 11) is 0. The van der Waals surface area contributed by atoms with Crippen molar-refractivity contribution in [1.29, 1.82) is 0 Å². The van der Waals surface area contributed by atoms with Gasteiger partial charge in [-0.25, -0.2) is 0 Å². The Morgan fingerprint density at radius 2 is 1.83 bits per heavy atom. The molecule has 23 heavy (non-hydrogen) atoms. The maximum Gasteiger partial charge on any atom is 0.411 e. The van der Waals surface area contributed by atoms with E-state index in [-0.39, 0.29) is 25.2 Å². The molecular weight excluding hydrogens is 335 g/mol. The predicted octanol–water partition coefficient (Wildman–Crippen LogP) is 3.39. The fourth-order valence-electron chi connectivity index (χ4n) is 1.75. The maximum absolute atomic E-state index is 11.9. The highest BCUT2D eigenvalue weighted by atomic mass is 35.5. The molecule has 4 nitrogen and oxygen atoms in total. The zero-order chi connectivity index (χ0) is 17.5. The molecule has 0 spiro atoms. The number of hydrogen-bond acceptors (Lipinski definition) is 3. The fraction of sp³-hybridized carbons (Fsp3) is 0.467. The van der Waals surface area contributed by atoms with Crippen molar-refractivity contribution in [2.75, 3.05) is 13.2 Å². The van der Waals surface area contributed by atoms with Gasteiger partial charge in [0, 0.05) is 29.5 Å². The van der Waals surface area contributed by atoms with Gasteiger partial charge in [-0.15, -0.1) is 0 Å². The first kappa shape index (κ1) is 19.4. The van der Waals surface area contributed by atoms with Gasteiger partial charge in [0.25, 0.3) is 0 Å². The van der Waals surface area contributed by atoms with E-state index in [1.54, 1.807) is 24.3 Å². The van der Waals surface area contributed by atoms with Crippen molar-refractivity contribution < 1.29 is 27.5 Å². The van der Waals surface area contributed by atoms with Gasteiger partial charge in [-0.3, -0.25) is 9.59 Å². The number of Topliss-reactive ketones (excluding diaryl/α,β-unsaturated/α-hetero) is 1. The number of hydrogen-bond donors (Lipinski definition) is 1. The Balaban J connectivity index is 2.28. The van der Waals surface area contributed by atoms with Gasteiger partial charge in [-0.1, -0.05) is 11.6 Å². The van der Waals surface area contributed by atoms with Crippen LogP contribution in [-0.4, -0.2) is 37.1 Å². The molecule has 1 unspecified atom stereocenters. The van der Waals surface area contributed by atoms with Gasteiger partial charge in [-0.2, -0.15) is 13.2 Å². The number of ether oxygens (including phenoxy) is 1. The Bertz CT molecular complexity index is 532. The molecule has 0 heterocycles. The molecule has 0 bridgehead atoms. The van der Waals surface area contributed by atoms with Gasteiger partial charge in [0.1, 0.15) is 6.61 Å². The topological polar surface area (TPSA) is 55.4 Å². The van der Waals surface area contributed by atoms with Gasteiger partial charge >= 0.3 is 6.18 Å². The highest BCUT2D eigenvalue weighted by Gasteiger charge is 2.27. The highest BCUT2D eigenvalue weighted by Crippen LogP contribution is 2.14. The molecule has 1 aromatic carbocycles. The molecule has 1 amide bonds. The minimum absolute atomic E-state index is 0.00357. The van der Waals surface area contributed by atoms with Crippen molar-refractivity contribution in [1.82, 2.24) is 5.32 Å². The normalized spacial score (nSPS) is 12.7. The Hall–Kier alpha value is -1.60. The van der Waals surface area contributed by atoms with Gasteiger partial charge in [0.05, 0.1) is 6.61 Å². The smallest absolute Gasteiger partial charge is 0.370 e. The monoisotopic (exact) mass is 351 g/mol. The third kappa shape index (κ3) is 8.56. The van der Waals surface area contributed by atoms with Crippen molar-refractivity contribution in [2.45, 2.75) is 32.0 Å². The number of carbonyl (C=O) groups excluding carboxylic acids is 2. The van der Waals surface area contributed by atoms with Gasteiger partial charge in [0.15, 0.2) is 5.78 Å². The molecule has 0 saturated carbocycles. The van der Waals surface area contributed by atoms with Crippen LogP contribution in [0.4, 0.5) is 13.2 Å². The molecule has 0 aliphatic heterocycles. The summed E-state index contributed by atoms with van der Waals surface area (Å²) in [6.45, 7) is -0.0894. The highest BCUT2D eigenvalue weighted by molar-refractivity contribution is 6.30. The minimum atomic E-state index is -4.39. The van der Waals surface area contributed by atoms with E-state index >= 15 is 0 Å². The quantitative estimate of drug-likeness (QED) is 0.730. The number of rotatable bonds is 8. The Morgan fingerprint density at radius 1 is 1.22 bits per heavy atom. The lowest BCUT2D eigenvalue weighted by atomic mass is 10.1. The van der Waals surface area contributed by atoms with Gasteiger partial charge < -0.3 is 10.1 Å². The van der Waals surface area contributed by atoms with Crippen molar-refractivity contribution in [2.24, 2.45) is 0 Å². The Labute approximate surface area is 137 Å². The van der Waals surface area contributed by atoms with E-state index in [9.17, 15) is 22.8 Å². The number of halogens is 4. The third-order valence-corrected chi connectivity index (χ3v) is 3.04. The number of alkyl halides is 3. The van der Waals surface area contributed by atoms with Crippen molar-refractivity contribution >= 4 is 23.3 Å². The van der Waals surface area contributed by atoms with E-state index < -0.39 is 24.7 Å². The van der Waals surface area contributed by atoms with Crippen LogP contribution in [0.1, 0.15) is 30.1 Å². The second kappa shape index (κ2) is 8.88. The van der Waals surface area contributed by atoms with Crippen LogP contribution in [0.15, 0.2) is 24.3 Å². The van der Waals surface area contributed by atoms with E-state index in [2.05, 4.69) is 10.1 Å². The van der Waals surface area contributed by atoms with Crippen LogP contribution in [0.3, 0.4) is 0 Å². The lowest BCUT2D eigenvalue weighted by molar-refractivity contribution is -0.175. The number of benzene rings is 1. The van der Waals surface area contributed by atoms with Crippen LogP contribution in [0, 0.1) is 0 Å². The maximum atomic E-state index is 11.9. The number of carbonyl (C=O) groups is 2. The summed E-state index contributed by atoms with van der Waals surface area (Å²) in [5.41, 5.74) is 0.448. The summed E-state index contributed by atoms with van der Waals surface area (Å²) in [5.74, 6) is -0.631. The lowest BCUT2D eigenvalue weighted by Crippen LogP contribution is -2.37.